The van der Waals surface area contributed by atoms with Crippen molar-refractivity contribution >= 4 is 22.8 Å². The molecule has 0 bridgehead atoms. The summed E-state index contributed by atoms with van der Waals surface area (Å²) in [6.45, 7) is 6.53. The van der Waals surface area contributed by atoms with E-state index in [1.165, 1.54) is 0 Å². The maximum Gasteiger partial charge on any atom is 0.322 e. The fourth-order valence-corrected chi connectivity index (χ4v) is 3.67. The summed E-state index contributed by atoms with van der Waals surface area (Å²) in [5.41, 5.74) is 5.30. The zero-order valence-corrected chi connectivity index (χ0v) is 14.6. The normalized spacial score (nSPS) is 17.4. The number of carbonyl (C=O) groups excluding carboxylic acids is 1. The first-order valence-electron chi connectivity index (χ1n) is 8.49. The van der Waals surface area contributed by atoms with E-state index in [9.17, 15) is 4.79 Å². The highest BCUT2D eigenvalue weighted by atomic mass is 16.3. The molecule has 0 spiro atoms. The van der Waals surface area contributed by atoms with Gasteiger partial charge in [-0.25, -0.2) is 9.78 Å². The van der Waals surface area contributed by atoms with Crippen molar-refractivity contribution < 1.29 is 9.21 Å². The van der Waals surface area contributed by atoms with Crippen molar-refractivity contribution in [2.75, 3.05) is 11.9 Å². The molecule has 1 saturated heterocycles. The van der Waals surface area contributed by atoms with Gasteiger partial charge in [-0.2, -0.15) is 5.10 Å². The fourth-order valence-electron chi connectivity index (χ4n) is 3.67. The molecule has 25 heavy (non-hydrogen) atoms. The summed E-state index contributed by atoms with van der Waals surface area (Å²) in [5.74, 6) is 0.615. The quantitative estimate of drug-likeness (QED) is 0.742. The maximum absolute atomic E-state index is 12.8. The van der Waals surface area contributed by atoms with E-state index in [1.54, 1.807) is 0 Å². The van der Waals surface area contributed by atoms with Crippen LogP contribution in [-0.2, 0) is 0 Å². The van der Waals surface area contributed by atoms with Crippen LogP contribution in [-0.4, -0.2) is 32.7 Å². The van der Waals surface area contributed by atoms with Crippen molar-refractivity contribution in [2.45, 2.75) is 39.7 Å². The third-order valence-corrected chi connectivity index (χ3v) is 4.78. The molecular weight excluding hydrogens is 318 g/mol. The Kier molecular flexibility index (Phi) is 3.71. The van der Waals surface area contributed by atoms with Gasteiger partial charge in [-0.05, 0) is 38.8 Å². The van der Waals surface area contributed by atoms with Crippen molar-refractivity contribution in [3.05, 3.63) is 41.0 Å². The van der Waals surface area contributed by atoms with Crippen molar-refractivity contribution in [3.63, 3.8) is 0 Å². The minimum Gasteiger partial charge on any atom is -0.441 e. The number of anilines is 1. The Hall–Kier alpha value is -2.83. The Morgan fingerprint density at radius 2 is 2.20 bits per heavy atom. The van der Waals surface area contributed by atoms with Crippen LogP contribution in [0.5, 0.6) is 0 Å². The van der Waals surface area contributed by atoms with E-state index < -0.39 is 0 Å². The highest BCUT2D eigenvalue weighted by Gasteiger charge is 2.33. The molecule has 2 amide bonds. The summed E-state index contributed by atoms with van der Waals surface area (Å²) in [7, 11) is 0. The molecule has 3 aromatic rings. The average molecular weight is 339 g/mol. The highest BCUT2D eigenvalue weighted by Crippen LogP contribution is 2.35. The summed E-state index contributed by atoms with van der Waals surface area (Å²) in [6.07, 6.45) is 1.94. The fraction of sp³-hybridized carbons (Fsp3) is 0.389. The van der Waals surface area contributed by atoms with Gasteiger partial charge in [0, 0.05) is 36.5 Å². The van der Waals surface area contributed by atoms with Gasteiger partial charge in [0.15, 0.2) is 11.5 Å². The van der Waals surface area contributed by atoms with Crippen LogP contribution in [0.15, 0.2) is 22.6 Å². The number of amides is 2. The molecule has 3 heterocycles. The number of H-pyrrole nitrogens is 1. The molecule has 1 atom stereocenters. The Labute approximate surface area is 145 Å². The van der Waals surface area contributed by atoms with Crippen molar-refractivity contribution in [1.82, 2.24) is 20.1 Å². The lowest BCUT2D eigenvalue weighted by molar-refractivity contribution is 0.207. The second-order valence-corrected chi connectivity index (χ2v) is 6.54. The molecule has 0 radical (unpaired) electrons. The lowest BCUT2D eigenvalue weighted by Crippen LogP contribution is -2.34. The molecule has 1 aromatic carbocycles. The SMILES string of the molecule is Cc1nc2ccc(NC(=O)N3CCC[C@@H]3c3c(C)n[nH]c3C)cc2o1. The molecule has 4 rings (SSSR count). The van der Waals surface area contributed by atoms with E-state index in [4.69, 9.17) is 4.42 Å². The number of oxazole rings is 1. The zero-order valence-electron chi connectivity index (χ0n) is 14.6. The Bertz CT molecular complexity index is 923. The third-order valence-electron chi connectivity index (χ3n) is 4.78. The van der Waals surface area contributed by atoms with E-state index >= 15 is 0 Å². The molecule has 0 unspecified atom stereocenters. The molecule has 1 aliphatic heterocycles. The van der Waals surface area contributed by atoms with E-state index in [0.717, 1.165) is 41.9 Å². The Balaban J connectivity index is 1.56. The van der Waals surface area contributed by atoms with Crippen LogP contribution in [0.2, 0.25) is 0 Å². The average Bonchev–Trinajstić information content (AvgIpc) is 3.25. The Morgan fingerprint density at radius 1 is 1.36 bits per heavy atom. The van der Waals surface area contributed by atoms with Crippen molar-refractivity contribution in [3.8, 4) is 0 Å². The molecule has 1 fully saturated rings. The number of nitrogens with one attached hydrogen (secondary N) is 2. The predicted molar refractivity (Wildman–Crippen MR) is 94.5 cm³/mol. The first-order valence-corrected chi connectivity index (χ1v) is 8.49. The second kappa shape index (κ2) is 5.91. The van der Waals surface area contributed by atoms with Gasteiger partial charge >= 0.3 is 6.03 Å². The number of hydrogen-bond acceptors (Lipinski definition) is 4. The summed E-state index contributed by atoms with van der Waals surface area (Å²) in [6, 6.07) is 5.48. The number of nitrogens with zero attached hydrogens (tertiary/aromatic N) is 3. The predicted octanol–water partition coefficient (Wildman–Crippen LogP) is 3.85. The van der Waals surface area contributed by atoms with Crippen LogP contribution < -0.4 is 5.32 Å². The van der Waals surface area contributed by atoms with Gasteiger partial charge in [0.25, 0.3) is 0 Å². The first kappa shape index (κ1) is 15.7. The molecule has 130 valence electrons. The van der Waals surface area contributed by atoms with Gasteiger partial charge in [-0.3, -0.25) is 5.10 Å². The smallest absolute Gasteiger partial charge is 0.322 e. The second-order valence-electron chi connectivity index (χ2n) is 6.54. The number of aromatic nitrogens is 3. The number of urea groups is 1. The van der Waals surface area contributed by atoms with Crippen LogP contribution in [0.1, 0.15) is 41.7 Å². The highest BCUT2D eigenvalue weighted by molar-refractivity contribution is 5.92. The number of carbonyl (C=O) groups is 1. The number of benzene rings is 1. The number of fused-ring (bicyclic) bond motifs is 1. The molecular formula is C18H21N5O2. The van der Waals surface area contributed by atoms with Gasteiger partial charge in [0.2, 0.25) is 0 Å². The van der Waals surface area contributed by atoms with Gasteiger partial charge in [-0.15, -0.1) is 0 Å². The number of rotatable bonds is 2. The summed E-state index contributed by atoms with van der Waals surface area (Å²) in [5, 5.41) is 10.3. The molecule has 2 N–H and O–H groups in total. The monoisotopic (exact) mass is 339 g/mol. The number of aryl methyl sites for hydroxylation is 3. The van der Waals surface area contributed by atoms with Gasteiger partial charge < -0.3 is 14.6 Å². The van der Waals surface area contributed by atoms with E-state index in [-0.39, 0.29) is 12.1 Å². The van der Waals surface area contributed by atoms with E-state index in [1.807, 2.05) is 43.9 Å². The number of hydrogen-bond donors (Lipinski definition) is 2. The van der Waals surface area contributed by atoms with Gasteiger partial charge in [0.1, 0.15) is 5.52 Å². The van der Waals surface area contributed by atoms with E-state index in [2.05, 4.69) is 20.5 Å². The minimum absolute atomic E-state index is 0.0648. The maximum atomic E-state index is 12.8. The zero-order chi connectivity index (χ0) is 17.6. The van der Waals surface area contributed by atoms with E-state index in [0.29, 0.717) is 17.2 Å². The lowest BCUT2D eigenvalue weighted by atomic mass is 10.0. The van der Waals surface area contributed by atoms with Crippen LogP contribution >= 0.6 is 0 Å². The first-order chi connectivity index (χ1) is 12.0. The lowest BCUT2D eigenvalue weighted by Gasteiger charge is -2.25. The molecule has 2 aromatic heterocycles. The van der Waals surface area contributed by atoms with Crippen LogP contribution in [0.25, 0.3) is 11.1 Å². The molecule has 1 aliphatic rings. The molecule has 0 saturated carbocycles. The minimum atomic E-state index is -0.0990. The largest absolute Gasteiger partial charge is 0.441 e. The number of aromatic amines is 1. The summed E-state index contributed by atoms with van der Waals surface area (Å²) in [4.78, 5) is 19.0. The summed E-state index contributed by atoms with van der Waals surface area (Å²) < 4.78 is 5.54. The summed E-state index contributed by atoms with van der Waals surface area (Å²) >= 11 is 0. The van der Waals surface area contributed by atoms with Crippen molar-refractivity contribution in [1.29, 1.82) is 0 Å². The Morgan fingerprint density at radius 3 is 2.96 bits per heavy atom. The standard InChI is InChI=1S/C18H21N5O2/c1-10-17(11(2)22-21-10)15-5-4-8-23(15)18(24)20-13-6-7-14-16(9-13)25-12(3)19-14/h6-7,9,15H,4-5,8H2,1-3H3,(H,20,24)(H,21,22)/t15-/m1/s1. The topological polar surface area (TPSA) is 87.0 Å². The third kappa shape index (κ3) is 2.75. The van der Waals surface area contributed by atoms with Crippen molar-refractivity contribution in [2.24, 2.45) is 0 Å². The van der Waals surface area contributed by atoms with Gasteiger partial charge in [-0.1, -0.05) is 0 Å². The molecule has 7 nitrogen and oxygen atoms in total. The molecule has 0 aliphatic carbocycles. The number of likely N-dealkylation sites (tertiary alicyclic amines) is 1. The van der Waals surface area contributed by atoms with Crippen LogP contribution in [0, 0.1) is 20.8 Å². The van der Waals surface area contributed by atoms with Crippen LogP contribution in [0.4, 0.5) is 10.5 Å². The van der Waals surface area contributed by atoms with Gasteiger partial charge in [0.05, 0.1) is 11.7 Å². The van der Waals surface area contributed by atoms with Crippen LogP contribution in [0.3, 0.4) is 0 Å². The molecule has 7 heteroatoms.